The lowest BCUT2D eigenvalue weighted by Gasteiger charge is -2.49. The summed E-state index contributed by atoms with van der Waals surface area (Å²) in [5, 5.41) is 0. The van der Waals surface area contributed by atoms with Crippen molar-refractivity contribution in [3.8, 4) is 0 Å². The standard InChI is InChI=1S/C18H24O/c1-18-11-10-14-13-5-3-2-4-12(13)6-7-15(14)16(18)8-9-17(18)19/h2-3,14-16H,4-11H2,1H3. The average molecular weight is 256 g/mol. The van der Waals surface area contributed by atoms with E-state index < -0.39 is 0 Å². The van der Waals surface area contributed by atoms with Crippen LogP contribution in [0.5, 0.6) is 0 Å². The fourth-order valence-electron chi connectivity index (χ4n) is 5.62. The summed E-state index contributed by atoms with van der Waals surface area (Å²) in [6.07, 6.45) is 14.2. The molecule has 1 heteroatoms. The summed E-state index contributed by atoms with van der Waals surface area (Å²) in [6, 6.07) is 0. The molecule has 0 amide bonds. The van der Waals surface area contributed by atoms with E-state index in [0.717, 1.165) is 24.7 Å². The van der Waals surface area contributed by atoms with Gasteiger partial charge in [-0.05, 0) is 62.7 Å². The third-order valence-corrected chi connectivity index (χ3v) is 6.70. The number of carbonyl (C=O) groups excluding carboxylic acids is 1. The van der Waals surface area contributed by atoms with E-state index >= 15 is 0 Å². The van der Waals surface area contributed by atoms with E-state index in [2.05, 4.69) is 19.1 Å². The van der Waals surface area contributed by atoms with E-state index in [1.54, 1.807) is 11.1 Å². The Labute approximate surface area is 116 Å². The number of hydrogen-bond donors (Lipinski definition) is 0. The van der Waals surface area contributed by atoms with Gasteiger partial charge in [-0.15, -0.1) is 0 Å². The first-order chi connectivity index (χ1) is 9.20. The highest BCUT2D eigenvalue weighted by atomic mass is 16.1. The van der Waals surface area contributed by atoms with Crippen molar-refractivity contribution in [2.24, 2.45) is 23.2 Å². The van der Waals surface area contributed by atoms with Crippen molar-refractivity contribution in [2.45, 2.75) is 58.3 Å². The zero-order chi connectivity index (χ0) is 13.0. The Balaban J connectivity index is 1.68. The SMILES string of the molecule is CC12CCC3C4=C(CC=CC4)CCC3C1CCC2=O. The zero-order valence-corrected chi connectivity index (χ0v) is 12.0. The molecule has 0 N–H and O–H groups in total. The normalized spacial score (nSPS) is 44.9. The first kappa shape index (κ1) is 11.9. The number of rotatable bonds is 0. The third kappa shape index (κ3) is 1.57. The molecule has 0 bridgehead atoms. The van der Waals surface area contributed by atoms with Crippen LogP contribution in [0.2, 0.25) is 0 Å². The van der Waals surface area contributed by atoms with E-state index in [0.29, 0.717) is 11.7 Å². The van der Waals surface area contributed by atoms with Crippen LogP contribution in [0.1, 0.15) is 58.3 Å². The van der Waals surface area contributed by atoms with Gasteiger partial charge in [0.05, 0.1) is 0 Å². The number of Topliss-reactive ketones (excluding diaryl/α,β-unsaturated/α-hetero) is 1. The van der Waals surface area contributed by atoms with Crippen LogP contribution in [-0.2, 0) is 4.79 Å². The highest BCUT2D eigenvalue weighted by Crippen LogP contribution is 2.59. The van der Waals surface area contributed by atoms with Gasteiger partial charge in [0.1, 0.15) is 5.78 Å². The van der Waals surface area contributed by atoms with Gasteiger partial charge in [-0.3, -0.25) is 4.79 Å². The second-order valence-corrected chi connectivity index (χ2v) is 7.34. The predicted molar refractivity (Wildman–Crippen MR) is 76.7 cm³/mol. The molecule has 0 aliphatic heterocycles. The number of hydrogen-bond acceptors (Lipinski definition) is 1. The molecule has 4 atom stereocenters. The maximum Gasteiger partial charge on any atom is 0.139 e. The van der Waals surface area contributed by atoms with E-state index in [1.807, 2.05) is 0 Å². The van der Waals surface area contributed by atoms with Crippen molar-refractivity contribution in [2.75, 3.05) is 0 Å². The molecule has 4 unspecified atom stereocenters. The van der Waals surface area contributed by atoms with Crippen molar-refractivity contribution in [1.29, 1.82) is 0 Å². The van der Waals surface area contributed by atoms with Crippen molar-refractivity contribution in [3.05, 3.63) is 23.3 Å². The Kier molecular flexibility index (Phi) is 2.56. The van der Waals surface area contributed by atoms with E-state index in [4.69, 9.17) is 0 Å². The van der Waals surface area contributed by atoms with Crippen LogP contribution < -0.4 is 0 Å². The van der Waals surface area contributed by atoms with Crippen LogP contribution in [0.3, 0.4) is 0 Å². The molecule has 0 spiro atoms. The lowest BCUT2D eigenvalue weighted by atomic mass is 9.55. The summed E-state index contributed by atoms with van der Waals surface area (Å²) in [7, 11) is 0. The van der Waals surface area contributed by atoms with E-state index in [-0.39, 0.29) is 5.41 Å². The lowest BCUT2D eigenvalue weighted by molar-refractivity contribution is -0.129. The maximum atomic E-state index is 12.3. The Morgan fingerprint density at radius 1 is 1.11 bits per heavy atom. The second kappa shape index (κ2) is 4.07. The van der Waals surface area contributed by atoms with E-state index in [9.17, 15) is 4.79 Å². The summed E-state index contributed by atoms with van der Waals surface area (Å²) in [5.41, 5.74) is 3.57. The van der Waals surface area contributed by atoms with Gasteiger partial charge in [-0.2, -0.15) is 0 Å². The van der Waals surface area contributed by atoms with Gasteiger partial charge in [0.2, 0.25) is 0 Å². The molecule has 0 radical (unpaired) electrons. The van der Waals surface area contributed by atoms with Crippen LogP contribution in [0.4, 0.5) is 0 Å². The predicted octanol–water partition coefficient (Wildman–Crippen LogP) is 4.44. The molecule has 4 rings (SSSR count). The summed E-state index contributed by atoms with van der Waals surface area (Å²) >= 11 is 0. The summed E-state index contributed by atoms with van der Waals surface area (Å²) in [4.78, 5) is 12.3. The topological polar surface area (TPSA) is 17.1 Å². The molecule has 19 heavy (non-hydrogen) atoms. The molecule has 2 saturated carbocycles. The molecule has 102 valence electrons. The van der Waals surface area contributed by atoms with Crippen LogP contribution >= 0.6 is 0 Å². The minimum Gasteiger partial charge on any atom is -0.299 e. The third-order valence-electron chi connectivity index (χ3n) is 6.70. The largest absolute Gasteiger partial charge is 0.299 e. The smallest absolute Gasteiger partial charge is 0.139 e. The first-order valence-corrected chi connectivity index (χ1v) is 8.09. The molecule has 1 nitrogen and oxygen atoms in total. The molecule has 4 aliphatic rings. The molecular formula is C18H24O. The Hall–Kier alpha value is -0.850. The van der Waals surface area contributed by atoms with Gasteiger partial charge >= 0.3 is 0 Å². The van der Waals surface area contributed by atoms with Gasteiger partial charge in [0.25, 0.3) is 0 Å². The fraction of sp³-hybridized carbons (Fsp3) is 0.722. The van der Waals surface area contributed by atoms with Gasteiger partial charge in [0.15, 0.2) is 0 Å². The number of ketones is 1. The minimum absolute atomic E-state index is 0.0454. The molecule has 4 aliphatic carbocycles. The Bertz CT molecular complexity index is 484. The number of carbonyl (C=O) groups is 1. The molecule has 2 fully saturated rings. The van der Waals surface area contributed by atoms with Crippen LogP contribution in [-0.4, -0.2) is 5.78 Å². The van der Waals surface area contributed by atoms with Gasteiger partial charge in [0, 0.05) is 11.8 Å². The molecule has 0 aromatic heterocycles. The van der Waals surface area contributed by atoms with Crippen LogP contribution in [0.15, 0.2) is 23.3 Å². The lowest BCUT2D eigenvalue weighted by Crippen LogP contribution is -2.43. The fourth-order valence-corrected chi connectivity index (χ4v) is 5.62. The van der Waals surface area contributed by atoms with Crippen molar-refractivity contribution >= 4 is 5.78 Å². The number of allylic oxidation sites excluding steroid dienone is 4. The highest BCUT2D eigenvalue weighted by Gasteiger charge is 2.54. The summed E-state index contributed by atoms with van der Waals surface area (Å²) in [5.74, 6) is 2.89. The van der Waals surface area contributed by atoms with Crippen LogP contribution in [0, 0.1) is 23.2 Å². The molecular weight excluding hydrogens is 232 g/mol. The van der Waals surface area contributed by atoms with Crippen LogP contribution in [0.25, 0.3) is 0 Å². The Morgan fingerprint density at radius 3 is 2.84 bits per heavy atom. The molecule has 0 heterocycles. The van der Waals surface area contributed by atoms with Gasteiger partial charge in [-0.1, -0.05) is 30.2 Å². The zero-order valence-electron chi connectivity index (χ0n) is 12.0. The number of fused-ring (bicyclic) bond motifs is 4. The first-order valence-electron chi connectivity index (χ1n) is 8.09. The van der Waals surface area contributed by atoms with Crippen molar-refractivity contribution in [3.63, 3.8) is 0 Å². The van der Waals surface area contributed by atoms with E-state index in [1.165, 1.54) is 38.5 Å². The quantitative estimate of drug-likeness (QED) is 0.586. The molecule has 0 aromatic carbocycles. The van der Waals surface area contributed by atoms with Gasteiger partial charge in [-0.25, -0.2) is 0 Å². The minimum atomic E-state index is 0.0454. The van der Waals surface area contributed by atoms with Crippen molar-refractivity contribution in [1.82, 2.24) is 0 Å². The highest BCUT2D eigenvalue weighted by molar-refractivity contribution is 5.87. The van der Waals surface area contributed by atoms with Crippen molar-refractivity contribution < 1.29 is 4.79 Å². The summed E-state index contributed by atoms with van der Waals surface area (Å²) < 4.78 is 0. The maximum absolute atomic E-state index is 12.3. The Morgan fingerprint density at radius 2 is 1.95 bits per heavy atom. The molecule has 0 aromatic rings. The van der Waals surface area contributed by atoms with Gasteiger partial charge < -0.3 is 0 Å². The second-order valence-electron chi connectivity index (χ2n) is 7.34. The monoisotopic (exact) mass is 256 g/mol. The molecule has 0 saturated heterocycles. The summed E-state index contributed by atoms with van der Waals surface area (Å²) in [6.45, 7) is 2.27. The average Bonchev–Trinajstić information content (AvgIpc) is 2.75.